The summed E-state index contributed by atoms with van der Waals surface area (Å²) in [5, 5.41) is 2.95. The largest absolute Gasteiger partial charge is 0.351 e. The third-order valence-electron chi connectivity index (χ3n) is 3.07. The van der Waals surface area contributed by atoms with Crippen molar-refractivity contribution in [1.29, 1.82) is 0 Å². The number of hydrogen-bond acceptors (Lipinski definition) is 2. The number of benzene rings is 1. The molecule has 0 heterocycles. The number of carbonyl (C=O) groups excluding carboxylic acids is 1. The van der Waals surface area contributed by atoms with E-state index in [0.29, 0.717) is 0 Å². The van der Waals surface area contributed by atoms with Crippen LogP contribution in [-0.4, -0.2) is 18.0 Å². The molecule has 0 aliphatic heterocycles. The van der Waals surface area contributed by atoms with Crippen LogP contribution in [0.2, 0.25) is 0 Å². The summed E-state index contributed by atoms with van der Waals surface area (Å²) in [7, 11) is 0. The van der Waals surface area contributed by atoms with Crippen LogP contribution in [0.1, 0.15) is 17.5 Å². The first-order valence-corrected chi connectivity index (χ1v) is 5.77. The first-order chi connectivity index (χ1) is 8.20. The van der Waals surface area contributed by atoms with Crippen LogP contribution in [0.3, 0.4) is 0 Å². The van der Waals surface area contributed by atoms with Crippen LogP contribution in [0.4, 0.5) is 0 Å². The van der Waals surface area contributed by atoms with Crippen molar-refractivity contribution in [1.82, 2.24) is 5.32 Å². The van der Waals surface area contributed by atoms with Gasteiger partial charge in [-0.15, -0.1) is 12.3 Å². The smallest absolute Gasteiger partial charge is 0.238 e. The molecule has 3 N–H and O–H groups in total. The molecule has 17 heavy (non-hydrogen) atoms. The molecule has 0 spiro atoms. The Morgan fingerprint density at radius 1 is 1.47 bits per heavy atom. The average molecular weight is 228 g/mol. The molecule has 1 aromatic rings. The fourth-order valence-electron chi connectivity index (χ4n) is 2.19. The van der Waals surface area contributed by atoms with Crippen molar-refractivity contribution in [3.05, 3.63) is 35.4 Å². The Kier molecular flexibility index (Phi) is 3.46. The van der Waals surface area contributed by atoms with Crippen LogP contribution < -0.4 is 11.1 Å². The minimum Gasteiger partial charge on any atom is -0.351 e. The lowest BCUT2D eigenvalue weighted by molar-refractivity contribution is -0.122. The topological polar surface area (TPSA) is 55.1 Å². The van der Waals surface area contributed by atoms with Crippen LogP contribution in [0, 0.1) is 12.3 Å². The van der Waals surface area contributed by atoms with Gasteiger partial charge in [-0.25, -0.2) is 0 Å². The van der Waals surface area contributed by atoms with Gasteiger partial charge in [-0.1, -0.05) is 24.3 Å². The van der Waals surface area contributed by atoms with E-state index in [-0.39, 0.29) is 18.4 Å². The molecule has 0 radical (unpaired) electrons. The molecular formula is C14H16N2O. The molecule has 3 nitrogen and oxygen atoms in total. The highest BCUT2D eigenvalue weighted by atomic mass is 16.2. The van der Waals surface area contributed by atoms with E-state index in [4.69, 9.17) is 12.2 Å². The summed E-state index contributed by atoms with van der Waals surface area (Å²) in [5.74, 6) is 2.25. The zero-order chi connectivity index (χ0) is 12.3. The van der Waals surface area contributed by atoms with Gasteiger partial charge in [0.1, 0.15) is 0 Å². The standard InChI is InChI=1S/C14H16N2O/c1-2-5-13(15)14(17)16-12-8-10-6-3-4-7-11(10)9-12/h1,3-4,6-7,12-13H,5,8-9,15H2,(H,16,17). The van der Waals surface area contributed by atoms with Gasteiger partial charge in [-0.2, -0.15) is 0 Å². The summed E-state index contributed by atoms with van der Waals surface area (Å²) in [4.78, 5) is 11.7. The highest BCUT2D eigenvalue weighted by molar-refractivity contribution is 5.82. The van der Waals surface area contributed by atoms with Gasteiger partial charge in [0, 0.05) is 12.5 Å². The quantitative estimate of drug-likeness (QED) is 0.745. The van der Waals surface area contributed by atoms with E-state index in [1.54, 1.807) is 0 Å². The van der Waals surface area contributed by atoms with Crippen LogP contribution in [0.15, 0.2) is 24.3 Å². The predicted octanol–water partition coefficient (Wildman–Crippen LogP) is 0.621. The highest BCUT2D eigenvalue weighted by Crippen LogP contribution is 2.21. The number of nitrogens with two attached hydrogens (primary N) is 1. The average Bonchev–Trinajstić information content (AvgIpc) is 2.71. The molecule has 0 bridgehead atoms. The minimum absolute atomic E-state index is 0.152. The Labute approximate surface area is 101 Å². The molecule has 88 valence electrons. The zero-order valence-corrected chi connectivity index (χ0v) is 9.65. The summed E-state index contributed by atoms with van der Waals surface area (Å²) in [6, 6.07) is 7.80. The number of nitrogens with one attached hydrogen (secondary N) is 1. The van der Waals surface area contributed by atoms with E-state index >= 15 is 0 Å². The van der Waals surface area contributed by atoms with Gasteiger partial charge in [0.05, 0.1) is 6.04 Å². The second-order valence-corrected chi connectivity index (χ2v) is 4.40. The van der Waals surface area contributed by atoms with Gasteiger partial charge in [0.2, 0.25) is 5.91 Å². The molecule has 3 heteroatoms. The van der Waals surface area contributed by atoms with Crippen LogP contribution >= 0.6 is 0 Å². The van der Waals surface area contributed by atoms with Crippen LogP contribution in [0.5, 0.6) is 0 Å². The summed E-state index contributed by atoms with van der Waals surface area (Å²) in [6.07, 6.45) is 7.18. The molecule has 1 amide bonds. The second kappa shape index (κ2) is 5.03. The number of amides is 1. The van der Waals surface area contributed by atoms with E-state index < -0.39 is 6.04 Å². The predicted molar refractivity (Wildman–Crippen MR) is 67.2 cm³/mol. The van der Waals surface area contributed by atoms with E-state index in [2.05, 4.69) is 23.4 Å². The zero-order valence-electron chi connectivity index (χ0n) is 9.65. The summed E-state index contributed by atoms with van der Waals surface area (Å²) in [6.45, 7) is 0. The Morgan fingerprint density at radius 3 is 2.59 bits per heavy atom. The van der Waals surface area contributed by atoms with Gasteiger partial charge in [0.25, 0.3) is 0 Å². The Hall–Kier alpha value is -1.79. The summed E-state index contributed by atoms with van der Waals surface area (Å²) >= 11 is 0. The van der Waals surface area contributed by atoms with E-state index in [1.165, 1.54) is 11.1 Å². The Bertz CT molecular complexity index is 437. The molecule has 0 fully saturated rings. The molecular weight excluding hydrogens is 212 g/mol. The maximum absolute atomic E-state index is 11.7. The van der Waals surface area contributed by atoms with Crippen LogP contribution in [0.25, 0.3) is 0 Å². The number of carbonyl (C=O) groups is 1. The molecule has 0 saturated heterocycles. The Morgan fingerprint density at radius 2 is 2.06 bits per heavy atom. The molecule has 0 aromatic heterocycles. The van der Waals surface area contributed by atoms with Gasteiger partial charge in [-0.3, -0.25) is 4.79 Å². The van der Waals surface area contributed by atoms with Gasteiger partial charge < -0.3 is 11.1 Å². The summed E-state index contributed by atoms with van der Waals surface area (Å²) < 4.78 is 0. The third-order valence-corrected chi connectivity index (χ3v) is 3.07. The fraction of sp³-hybridized carbons (Fsp3) is 0.357. The molecule has 2 rings (SSSR count). The lowest BCUT2D eigenvalue weighted by Crippen LogP contribution is -2.45. The van der Waals surface area contributed by atoms with Crippen molar-refractivity contribution < 1.29 is 4.79 Å². The molecule has 1 aliphatic rings. The number of fused-ring (bicyclic) bond motifs is 1. The van der Waals surface area contributed by atoms with Gasteiger partial charge >= 0.3 is 0 Å². The monoisotopic (exact) mass is 228 g/mol. The second-order valence-electron chi connectivity index (χ2n) is 4.40. The van der Waals surface area contributed by atoms with Crippen molar-refractivity contribution in [2.45, 2.75) is 31.3 Å². The lowest BCUT2D eigenvalue weighted by atomic mass is 10.1. The van der Waals surface area contributed by atoms with Crippen LogP contribution in [-0.2, 0) is 17.6 Å². The normalized spacial score (nSPS) is 16.0. The van der Waals surface area contributed by atoms with E-state index in [9.17, 15) is 4.79 Å². The van der Waals surface area contributed by atoms with Gasteiger partial charge in [-0.05, 0) is 24.0 Å². The first-order valence-electron chi connectivity index (χ1n) is 5.77. The first kappa shape index (κ1) is 11.7. The van der Waals surface area contributed by atoms with E-state index in [1.807, 2.05) is 12.1 Å². The van der Waals surface area contributed by atoms with Gasteiger partial charge in [0.15, 0.2) is 0 Å². The SMILES string of the molecule is C#CCC(N)C(=O)NC1Cc2ccccc2C1. The van der Waals surface area contributed by atoms with E-state index in [0.717, 1.165) is 12.8 Å². The molecule has 0 saturated carbocycles. The summed E-state index contributed by atoms with van der Waals surface area (Å²) in [5.41, 5.74) is 8.27. The van der Waals surface area contributed by atoms with Crippen molar-refractivity contribution in [3.8, 4) is 12.3 Å². The fourth-order valence-corrected chi connectivity index (χ4v) is 2.19. The lowest BCUT2D eigenvalue weighted by Gasteiger charge is -2.15. The molecule has 1 aliphatic carbocycles. The van der Waals surface area contributed by atoms with Crippen molar-refractivity contribution in [2.24, 2.45) is 5.73 Å². The highest BCUT2D eigenvalue weighted by Gasteiger charge is 2.24. The minimum atomic E-state index is -0.594. The maximum atomic E-state index is 11.7. The molecule has 1 atom stereocenters. The number of terminal acetylenes is 1. The van der Waals surface area contributed by atoms with Crippen molar-refractivity contribution in [3.63, 3.8) is 0 Å². The number of hydrogen-bond donors (Lipinski definition) is 2. The maximum Gasteiger partial charge on any atom is 0.238 e. The number of rotatable bonds is 3. The van der Waals surface area contributed by atoms with Crippen molar-refractivity contribution >= 4 is 5.91 Å². The molecule has 1 unspecified atom stereocenters. The van der Waals surface area contributed by atoms with Crippen molar-refractivity contribution in [2.75, 3.05) is 0 Å². The third kappa shape index (κ3) is 2.66. The Balaban J connectivity index is 1.92. The molecule has 1 aromatic carbocycles.